The molecule has 28 heavy (non-hydrogen) atoms. The second-order valence-corrected chi connectivity index (χ2v) is 6.21. The lowest BCUT2D eigenvalue weighted by Crippen LogP contribution is -2.42. The summed E-state index contributed by atoms with van der Waals surface area (Å²) in [5.74, 6) is -2.06. The molecule has 5 nitrogen and oxygen atoms in total. The van der Waals surface area contributed by atoms with Crippen LogP contribution in [0.4, 0.5) is 26.3 Å². The zero-order valence-corrected chi connectivity index (χ0v) is 14.7. The summed E-state index contributed by atoms with van der Waals surface area (Å²) in [5, 5.41) is 0. The van der Waals surface area contributed by atoms with Crippen LogP contribution >= 0.6 is 0 Å². The van der Waals surface area contributed by atoms with Gasteiger partial charge in [-0.25, -0.2) is 0 Å². The number of methoxy groups -OCH3 is 1. The molecular formula is C17H17F6NO4. The van der Waals surface area contributed by atoms with E-state index in [9.17, 15) is 35.9 Å². The number of halogens is 6. The Hall–Kier alpha value is -2.46. The zero-order chi connectivity index (χ0) is 21.1. The molecule has 1 heterocycles. The molecule has 0 radical (unpaired) electrons. The highest BCUT2D eigenvalue weighted by Crippen LogP contribution is 2.38. The molecule has 0 aromatic heterocycles. The highest BCUT2D eigenvalue weighted by atomic mass is 19.4. The van der Waals surface area contributed by atoms with Crippen LogP contribution in [0.25, 0.3) is 0 Å². The Morgan fingerprint density at radius 2 is 1.50 bits per heavy atom. The number of hydrogen-bond acceptors (Lipinski definition) is 4. The van der Waals surface area contributed by atoms with Crippen LogP contribution in [0.2, 0.25) is 0 Å². The molecule has 1 aromatic rings. The fourth-order valence-corrected chi connectivity index (χ4v) is 2.78. The fourth-order valence-electron chi connectivity index (χ4n) is 2.78. The molecule has 0 saturated carbocycles. The molecule has 0 N–H and O–H groups in total. The molecule has 0 atom stereocenters. The maximum absolute atomic E-state index is 12.8. The highest BCUT2D eigenvalue weighted by molar-refractivity contribution is 5.78. The van der Waals surface area contributed by atoms with Gasteiger partial charge in [-0.05, 0) is 31.0 Å². The number of benzene rings is 1. The van der Waals surface area contributed by atoms with Crippen molar-refractivity contribution >= 4 is 11.9 Å². The Morgan fingerprint density at radius 3 is 1.93 bits per heavy atom. The second kappa shape index (κ2) is 8.27. The van der Waals surface area contributed by atoms with Crippen LogP contribution in [0.1, 0.15) is 24.0 Å². The van der Waals surface area contributed by atoms with Gasteiger partial charge in [0.2, 0.25) is 0 Å². The number of likely N-dealkylation sites (tertiary alicyclic amines) is 1. The van der Waals surface area contributed by atoms with Gasteiger partial charge < -0.3 is 14.4 Å². The minimum atomic E-state index is -5.00. The maximum Gasteiger partial charge on any atom is 0.416 e. The average Bonchev–Trinajstić information content (AvgIpc) is 2.64. The maximum atomic E-state index is 12.8. The van der Waals surface area contributed by atoms with Gasteiger partial charge in [0.25, 0.3) is 5.91 Å². The molecule has 1 saturated heterocycles. The van der Waals surface area contributed by atoms with E-state index >= 15 is 0 Å². The van der Waals surface area contributed by atoms with Crippen molar-refractivity contribution in [2.75, 3.05) is 26.8 Å². The number of carbonyl (C=O) groups is 2. The number of nitrogens with zero attached hydrogens (tertiary/aromatic N) is 1. The summed E-state index contributed by atoms with van der Waals surface area (Å²) in [5.41, 5.74) is -3.05. The smallest absolute Gasteiger partial charge is 0.416 e. The zero-order valence-electron chi connectivity index (χ0n) is 14.7. The minimum Gasteiger partial charge on any atom is -0.484 e. The first-order chi connectivity index (χ1) is 12.9. The van der Waals surface area contributed by atoms with Crippen LogP contribution in [0.15, 0.2) is 18.2 Å². The topological polar surface area (TPSA) is 55.8 Å². The molecule has 0 bridgehead atoms. The number of amides is 1. The third-order valence-corrected chi connectivity index (χ3v) is 4.31. The van der Waals surface area contributed by atoms with Crippen molar-refractivity contribution in [2.24, 2.45) is 5.92 Å². The SMILES string of the molecule is COC(=O)C1CCN(C(=O)COc2cc(C(F)(F)F)cc(C(F)(F)F)c2)CC1. The van der Waals surface area contributed by atoms with Gasteiger partial charge in [-0.15, -0.1) is 0 Å². The van der Waals surface area contributed by atoms with E-state index in [4.69, 9.17) is 4.74 Å². The van der Waals surface area contributed by atoms with Gasteiger partial charge >= 0.3 is 18.3 Å². The van der Waals surface area contributed by atoms with Crippen molar-refractivity contribution in [3.8, 4) is 5.75 Å². The first-order valence-corrected chi connectivity index (χ1v) is 8.19. The monoisotopic (exact) mass is 413 g/mol. The lowest BCUT2D eigenvalue weighted by atomic mass is 9.97. The van der Waals surface area contributed by atoms with Crippen molar-refractivity contribution in [1.82, 2.24) is 4.90 Å². The first-order valence-electron chi connectivity index (χ1n) is 8.19. The van der Waals surface area contributed by atoms with Gasteiger partial charge in [0.1, 0.15) is 5.75 Å². The van der Waals surface area contributed by atoms with Crippen LogP contribution in [0.5, 0.6) is 5.75 Å². The van der Waals surface area contributed by atoms with Crippen molar-refractivity contribution < 1.29 is 45.4 Å². The molecule has 1 aromatic carbocycles. The molecular weight excluding hydrogens is 396 g/mol. The van der Waals surface area contributed by atoms with E-state index in [-0.39, 0.29) is 25.1 Å². The molecule has 1 amide bonds. The van der Waals surface area contributed by atoms with E-state index in [0.717, 1.165) is 0 Å². The van der Waals surface area contributed by atoms with Gasteiger partial charge in [0.15, 0.2) is 6.61 Å². The number of alkyl halides is 6. The normalized spacial score (nSPS) is 16.0. The molecule has 156 valence electrons. The number of piperidine rings is 1. The molecule has 0 spiro atoms. The van der Waals surface area contributed by atoms with Crippen LogP contribution in [0.3, 0.4) is 0 Å². The largest absolute Gasteiger partial charge is 0.484 e. The van der Waals surface area contributed by atoms with Crippen LogP contribution < -0.4 is 4.74 Å². The third-order valence-electron chi connectivity index (χ3n) is 4.31. The lowest BCUT2D eigenvalue weighted by molar-refractivity contribution is -0.149. The Labute approximate surface area is 156 Å². The lowest BCUT2D eigenvalue weighted by Gasteiger charge is -2.30. The summed E-state index contributed by atoms with van der Waals surface area (Å²) >= 11 is 0. The summed E-state index contributed by atoms with van der Waals surface area (Å²) < 4.78 is 86.4. The van der Waals surface area contributed by atoms with Crippen molar-refractivity contribution in [3.63, 3.8) is 0 Å². The second-order valence-electron chi connectivity index (χ2n) is 6.21. The summed E-state index contributed by atoms with van der Waals surface area (Å²) in [6.07, 6.45) is -9.31. The van der Waals surface area contributed by atoms with Gasteiger partial charge in [-0.3, -0.25) is 9.59 Å². The van der Waals surface area contributed by atoms with Crippen molar-refractivity contribution in [3.05, 3.63) is 29.3 Å². The molecule has 1 aliphatic heterocycles. The summed E-state index contributed by atoms with van der Waals surface area (Å²) in [6.45, 7) is -0.307. The quantitative estimate of drug-likeness (QED) is 0.560. The minimum absolute atomic E-state index is 0.0216. The molecule has 1 fully saturated rings. The molecule has 2 rings (SSSR count). The van der Waals surface area contributed by atoms with E-state index in [0.29, 0.717) is 25.0 Å². The van der Waals surface area contributed by atoms with Crippen LogP contribution in [-0.4, -0.2) is 43.6 Å². The highest BCUT2D eigenvalue weighted by Gasteiger charge is 2.37. The van der Waals surface area contributed by atoms with Crippen LogP contribution in [-0.2, 0) is 26.7 Å². The number of rotatable bonds is 4. The average molecular weight is 413 g/mol. The predicted octanol–water partition coefficient (Wildman–Crippen LogP) is 3.51. The number of esters is 1. The Bertz CT molecular complexity index is 691. The van der Waals surface area contributed by atoms with E-state index < -0.39 is 47.7 Å². The first kappa shape index (κ1) is 21.8. The Morgan fingerprint density at radius 1 is 1.00 bits per heavy atom. The fraction of sp³-hybridized carbons (Fsp3) is 0.529. The summed E-state index contributed by atoms with van der Waals surface area (Å²) in [7, 11) is 1.25. The predicted molar refractivity (Wildman–Crippen MR) is 83.3 cm³/mol. The van der Waals surface area contributed by atoms with Gasteiger partial charge in [-0.2, -0.15) is 26.3 Å². The summed E-state index contributed by atoms with van der Waals surface area (Å²) in [4.78, 5) is 24.9. The van der Waals surface area contributed by atoms with Crippen molar-refractivity contribution in [1.29, 1.82) is 0 Å². The van der Waals surface area contributed by atoms with E-state index in [1.165, 1.54) is 12.0 Å². The molecule has 1 aliphatic rings. The van der Waals surface area contributed by atoms with Gasteiger partial charge in [0.05, 0.1) is 24.2 Å². The molecule has 0 aliphatic carbocycles. The van der Waals surface area contributed by atoms with E-state index in [1.54, 1.807) is 0 Å². The van der Waals surface area contributed by atoms with E-state index in [1.807, 2.05) is 0 Å². The number of ether oxygens (including phenoxy) is 2. The van der Waals surface area contributed by atoms with Crippen molar-refractivity contribution in [2.45, 2.75) is 25.2 Å². The van der Waals surface area contributed by atoms with Gasteiger partial charge in [-0.1, -0.05) is 0 Å². The van der Waals surface area contributed by atoms with Crippen LogP contribution in [0, 0.1) is 5.92 Å². The molecule has 0 unspecified atom stereocenters. The summed E-state index contributed by atoms with van der Waals surface area (Å²) in [6, 6.07) is 0.796. The molecule has 11 heteroatoms. The third kappa shape index (κ3) is 5.52. The van der Waals surface area contributed by atoms with E-state index in [2.05, 4.69) is 4.74 Å². The Balaban J connectivity index is 2.04. The number of hydrogen-bond donors (Lipinski definition) is 0. The Kier molecular flexibility index (Phi) is 6.45. The van der Waals surface area contributed by atoms with Gasteiger partial charge in [0, 0.05) is 13.1 Å². The standard InChI is InChI=1S/C17H17F6NO4/c1-27-15(26)10-2-4-24(5-3-10)14(25)9-28-13-7-11(16(18,19)20)6-12(8-13)17(21,22)23/h6-8,10H,2-5,9H2,1H3. The number of carbonyl (C=O) groups excluding carboxylic acids is 2.